The number of para-hydroxylation sites is 1. The molecule has 10 rings (SSSR count). The zero-order valence-corrected chi connectivity index (χ0v) is 24.4. The van der Waals surface area contributed by atoms with Crippen molar-refractivity contribution in [1.82, 2.24) is 24.9 Å². The molecule has 6 heteroatoms. The van der Waals surface area contributed by atoms with Crippen molar-refractivity contribution in [2.24, 2.45) is 0 Å². The van der Waals surface area contributed by atoms with Crippen molar-refractivity contribution in [1.29, 1.82) is 0 Å². The molecule has 6 nitrogen and oxygen atoms in total. The first kappa shape index (κ1) is 25.1. The van der Waals surface area contributed by atoms with Gasteiger partial charge >= 0.3 is 0 Å². The number of aromatic nitrogens is 5. The van der Waals surface area contributed by atoms with Crippen LogP contribution < -0.4 is 0 Å². The Labute approximate surface area is 264 Å². The van der Waals surface area contributed by atoms with Gasteiger partial charge in [0.2, 0.25) is 0 Å². The summed E-state index contributed by atoms with van der Waals surface area (Å²) in [5, 5.41) is 1.11. The Morgan fingerprint density at radius 3 is 1.70 bits per heavy atom. The van der Waals surface area contributed by atoms with Gasteiger partial charge in [0.25, 0.3) is 0 Å². The van der Waals surface area contributed by atoms with Crippen LogP contribution in [0.3, 0.4) is 0 Å². The van der Waals surface area contributed by atoms with E-state index in [1.165, 1.54) is 22.3 Å². The molecule has 1 spiro atoms. The summed E-state index contributed by atoms with van der Waals surface area (Å²) in [4.78, 5) is 23.7. The van der Waals surface area contributed by atoms with Crippen molar-refractivity contribution in [2.75, 3.05) is 0 Å². The molecule has 4 heterocycles. The van der Waals surface area contributed by atoms with E-state index in [4.69, 9.17) is 19.4 Å². The topological polar surface area (TPSA) is 77.6 Å². The summed E-state index contributed by atoms with van der Waals surface area (Å²) in [6.07, 6.45) is 7.05. The highest BCUT2D eigenvalue weighted by molar-refractivity contribution is 6.03. The van der Waals surface area contributed by atoms with Crippen LogP contribution in [0.2, 0.25) is 0 Å². The van der Waals surface area contributed by atoms with Gasteiger partial charge in [-0.15, -0.1) is 0 Å². The van der Waals surface area contributed by atoms with E-state index in [9.17, 15) is 0 Å². The quantitative estimate of drug-likeness (QED) is 0.205. The molecule has 0 bridgehead atoms. The number of nitrogens with zero attached hydrogens (tertiary/aromatic N) is 5. The van der Waals surface area contributed by atoms with Crippen molar-refractivity contribution < 1.29 is 4.42 Å². The number of pyridine rings is 2. The molecular formula is C40H23N5O. The lowest BCUT2D eigenvalue weighted by molar-refractivity contribution is 0.628. The van der Waals surface area contributed by atoms with Gasteiger partial charge in [-0.25, -0.2) is 15.0 Å². The van der Waals surface area contributed by atoms with Gasteiger partial charge < -0.3 is 4.42 Å². The van der Waals surface area contributed by atoms with Crippen LogP contribution in [0.1, 0.15) is 22.3 Å². The summed E-state index contributed by atoms with van der Waals surface area (Å²) in [6, 6.07) is 40.0. The van der Waals surface area contributed by atoms with Crippen LogP contribution in [0.4, 0.5) is 0 Å². The first-order chi connectivity index (χ1) is 22.8. The van der Waals surface area contributed by atoms with E-state index in [1.807, 2.05) is 30.3 Å². The number of rotatable bonds is 3. The molecule has 2 aliphatic carbocycles. The van der Waals surface area contributed by atoms with Crippen molar-refractivity contribution in [3.8, 4) is 56.6 Å². The molecule has 0 aliphatic heterocycles. The van der Waals surface area contributed by atoms with E-state index >= 15 is 0 Å². The Hall–Kier alpha value is -6.27. The van der Waals surface area contributed by atoms with Crippen LogP contribution in [0.15, 0.2) is 144 Å². The molecule has 46 heavy (non-hydrogen) atoms. The molecule has 214 valence electrons. The molecule has 0 amide bonds. The molecule has 0 N–H and O–H groups in total. The number of benzene rings is 4. The third-order valence-electron chi connectivity index (χ3n) is 9.36. The van der Waals surface area contributed by atoms with Crippen LogP contribution in [0.5, 0.6) is 0 Å². The maximum Gasteiger partial charge on any atom is 0.164 e. The lowest BCUT2D eigenvalue weighted by Gasteiger charge is -2.31. The molecule has 8 aromatic rings. The van der Waals surface area contributed by atoms with Crippen LogP contribution >= 0.6 is 0 Å². The SMILES string of the molecule is c1ccc2c(c1)-c1cccc(-c3nc(-c4ccncc4)nc(-c4ccncc4)n3)c1C21c2ccccc2-c2oc3ccccc3c21. The Morgan fingerprint density at radius 1 is 0.435 bits per heavy atom. The summed E-state index contributed by atoms with van der Waals surface area (Å²) < 4.78 is 6.70. The standard InChI is InChI=1S/C40H23N5O/c1-4-13-31-26(8-1)27-11-7-12-30(39-44-37(24-16-20-41-21-17-24)43-38(45-39)25-18-22-42-23-19-25)34(27)40(31)32-14-5-2-9-28(32)36-35(40)29-10-3-6-15-33(29)46-36/h1-23H. The minimum absolute atomic E-state index is 0.586. The highest BCUT2D eigenvalue weighted by Gasteiger charge is 2.55. The Bertz CT molecular complexity index is 2430. The molecule has 2 aliphatic rings. The molecular weight excluding hydrogens is 566 g/mol. The second-order valence-electron chi connectivity index (χ2n) is 11.6. The Balaban J connectivity index is 1.35. The van der Waals surface area contributed by atoms with Crippen LogP contribution in [0, 0.1) is 0 Å². The first-order valence-corrected chi connectivity index (χ1v) is 15.2. The highest BCUT2D eigenvalue weighted by Crippen LogP contribution is 2.66. The molecule has 4 aromatic carbocycles. The van der Waals surface area contributed by atoms with Gasteiger partial charge in [0, 0.05) is 58.0 Å². The fraction of sp³-hybridized carbons (Fsp3) is 0.0250. The van der Waals surface area contributed by atoms with Crippen molar-refractivity contribution in [2.45, 2.75) is 5.41 Å². The fourth-order valence-electron chi connectivity index (χ4n) is 7.59. The summed E-state index contributed by atoms with van der Waals surface area (Å²) >= 11 is 0. The van der Waals surface area contributed by atoms with Gasteiger partial charge in [-0.2, -0.15) is 0 Å². The lowest BCUT2D eigenvalue weighted by Crippen LogP contribution is -2.27. The van der Waals surface area contributed by atoms with Gasteiger partial charge in [-0.05, 0) is 58.1 Å². The maximum atomic E-state index is 6.70. The van der Waals surface area contributed by atoms with Gasteiger partial charge in [0.1, 0.15) is 11.3 Å². The van der Waals surface area contributed by atoms with Gasteiger partial charge in [-0.1, -0.05) is 84.9 Å². The van der Waals surface area contributed by atoms with Gasteiger partial charge in [-0.3, -0.25) is 9.97 Å². The van der Waals surface area contributed by atoms with E-state index in [0.29, 0.717) is 17.5 Å². The second-order valence-corrected chi connectivity index (χ2v) is 11.6. The molecule has 1 atom stereocenters. The summed E-state index contributed by atoms with van der Waals surface area (Å²) in [5.41, 5.74) is 11.2. The minimum atomic E-state index is -0.638. The number of furan rings is 1. The van der Waals surface area contributed by atoms with Crippen LogP contribution in [-0.2, 0) is 5.41 Å². The fourth-order valence-corrected chi connectivity index (χ4v) is 7.59. The third-order valence-corrected chi connectivity index (χ3v) is 9.36. The zero-order chi connectivity index (χ0) is 30.2. The van der Waals surface area contributed by atoms with Crippen molar-refractivity contribution in [3.63, 3.8) is 0 Å². The monoisotopic (exact) mass is 589 g/mol. The maximum absolute atomic E-state index is 6.70. The van der Waals surface area contributed by atoms with E-state index in [2.05, 4.69) is 94.9 Å². The predicted octanol–water partition coefficient (Wildman–Crippen LogP) is 8.75. The molecule has 0 saturated heterocycles. The Kier molecular flexibility index (Phi) is 5.11. The lowest BCUT2D eigenvalue weighted by atomic mass is 9.68. The number of hydrogen-bond acceptors (Lipinski definition) is 6. The molecule has 4 aromatic heterocycles. The highest BCUT2D eigenvalue weighted by atomic mass is 16.3. The van der Waals surface area contributed by atoms with Crippen molar-refractivity contribution >= 4 is 11.0 Å². The average Bonchev–Trinajstić information content (AvgIpc) is 3.76. The van der Waals surface area contributed by atoms with E-state index < -0.39 is 5.41 Å². The molecule has 0 radical (unpaired) electrons. The summed E-state index contributed by atoms with van der Waals surface area (Å²) in [7, 11) is 0. The third kappa shape index (κ3) is 3.27. The largest absolute Gasteiger partial charge is 0.456 e. The first-order valence-electron chi connectivity index (χ1n) is 15.2. The normalized spacial score (nSPS) is 15.5. The smallest absolute Gasteiger partial charge is 0.164 e. The molecule has 0 saturated carbocycles. The van der Waals surface area contributed by atoms with Crippen LogP contribution in [0.25, 0.3) is 67.6 Å². The van der Waals surface area contributed by atoms with Crippen molar-refractivity contribution in [3.05, 3.63) is 162 Å². The van der Waals surface area contributed by atoms with E-state index in [1.54, 1.807) is 24.8 Å². The predicted molar refractivity (Wildman–Crippen MR) is 178 cm³/mol. The van der Waals surface area contributed by atoms with Crippen LogP contribution in [-0.4, -0.2) is 24.9 Å². The Morgan fingerprint density at radius 2 is 0.978 bits per heavy atom. The number of hydrogen-bond donors (Lipinski definition) is 0. The van der Waals surface area contributed by atoms with E-state index in [0.717, 1.165) is 50.1 Å². The van der Waals surface area contributed by atoms with Gasteiger partial charge in [0.05, 0.1) is 5.41 Å². The average molecular weight is 590 g/mol. The zero-order valence-electron chi connectivity index (χ0n) is 24.4. The molecule has 0 fully saturated rings. The minimum Gasteiger partial charge on any atom is -0.456 e. The molecule has 1 unspecified atom stereocenters. The summed E-state index contributed by atoms with van der Waals surface area (Å²) in [6.45, 7) is 0. The van der Waals surface area contributed by atoms with E-state index in [-0.39, 0.29) is 0 Å². The van der Waals surface area contributed by atoms with Gasteiger partial charge in [0.15, 0.2) is 17.5 Å². The second kappa shape index (κ2) is 9.36. The summed E-state index contributed by atoms with van der Waals surface area (Å²) in [5.74, 6) is 2.70. The number of fused-ring (bicyclic) bond motifs is 12.